The van der Waals surface area contributed by atoms with E-state index in [1.165, 1.54) is 20.3 Å². The second-order valence-corrected chi connectivity index (χ2v) is 6.56. The predicted molar refractivity (Wildman–Crippen MR) is 79.9 cm³/mol. The molecule has 1 atom stereocenters. The zero-order valence-corrected chi connectivity index (χ0v) is 13.2. The van der Waals surface area contributed by atoms with Crippen molar-refractivity contribution in [3.8, 4) is 0 Å². The van der Waals surface area contributed by atoms with Crippen molar-refractivity contribution in [3.05, 3.63) is 57.1 Å². The summed E-state index contributed by atoms with van der Waals surface area (Å²) in [6, 6.07) is 2.84. The summed E-state index contributed by atoms with van der Waals surface area (Å²) in [4.78, 5) is 27.1. The highest BCUT2D eigenvalue weighted by Crippen LogP contribution is 2.13. The number of rotatable bonds is 4. The third-order valence-electron chi connectivity index (χ3n) is 3.22. The second kappa shape index (κ2) is 5.85. The lowest BCUT2D eigenvalue weighted by molar-refractivity contribution is 0.557. The van der Waals surface area contributed by atoms with Crippen molar-refractivity contribution in [2.45, 2.75) is 17.9 Å². The van der Waals surface area contributed by atoms with Crippen LogP contribution in [0.5, 0.6) is 0 Å². The van der Waals surface area contributed by atoms with Crippen molar-refractivity contribution in [3.63, 3.8) is 0 Å². The standard InChI is InChI=1S/C13H16N4O4S/c1-9(10-5-4-6-14-7-10)15-22(20,21)11-8-16(2)13(19)17(3)12(11)18/h4-9,15H,1-3H3/t9-/m0/s1. The molecule has 0 unspecified atom stereocenters. The van der Waals surface area contributed by atoms with Crippen LogP contribution < -0.4 is 16.0 Å². The molecule has 0 fully saturated rings. The van der Waals surface area contributed by atoms with Crippen molar-refractivity contribution in [1.82, 2.24) is 18.8 Å². The van der Waals surface area contributed by atoms with Gasteiger partial charge in [0.05, 0.1) is 0 Å². The summed E-state index contributed by atoms with van der Waals surface area (Å²) >= 11 is 0. The summed E-state index contributed by atoms with van der Waals surface area (Å²) in [5, 5.41) is 0. The van der Waals surface area contributed by atoms with Crippen LogP contribution in [0.2, 0.25) is 0 Å². The molecular weight excluding hydrogens is 308 g/mol. The van der Waals surface area contributed by atoms with Gasteiger partial charge in [-0.25, -0.2) is 17.9 Å². The fourth-order valence-electron chi connectivity index (χ4n) is 1.96. The number of aryl methyl sites for hydroxylation is 1. The maximum absolute atomic E-state index is 12.4. The van der Waals surface area contributed by atoms with E-state index in [1.54, 1.807) is 25.3 Å². The molecule has 0 aliphatic heterocycles. The first kappa shape index (κ1) is 16.1. The molecule has 1 N–H and O–H groups in total. The molecular formula is C13H16N4O4S. The first-order chi connectivity index (χ1) is 10.2. The van der Waals surface area contributed by atoms with E-state index in [9.17, 15) is 18.0 Å². The van der Waals surface area contributed by atoms with Gasteiger partial charge >= 0.3 is 5.69 Å². The van der Waals surface area contributed by atoms with Gasteiger partial charge in [0.25, 0.3) is 5.56 Å². The first-order valence-electron chi connectivity index (χ1n) is 6.43. The Bertz CT molecular complexity index is 900. The van der Waals surface area contributed by atoms with Gasteiger partial charge < -0.3 is 4.57 Å². The molecule has 2 heterocycles. The molecule has 0 saturated carbocycles. The van der Waals surface area contributed by atoms with Crippen LogP contribution in [-0.2, 0) is 24.1 Å². The van der Waals surface area contributed by atoms with E-state index < -0.39 is 32.2 Å². The molecule has 0 aliphatic carbocycles. The summed E-state index contributed by atoms with van der Waals surface area (Å²) in [5.41, 5.74) is -0.800. The summed E-state index contributed by atoms with van der Waals surface area (Å²) in [6.07, 6.45) is 4.13. The van der Waals surface area contributed by atoms with Crippen LogP contribution in [0.3, 0.4) is 0 Å². The average molecular weight is 324 g/mol. The number of aromatic nitrogens is 3. The molecule has 2 aromatic heterocycles. The van der Waals surface area contributed by atoms with Crippen molar-refractivity contribution < 1.29 is 8.42 Å². The van der Waals surface area contributed by atoms with E-state index in [-0.39, 0.29) is 0 Å². The average Bonchev–Trinajstić information content (AvgIpc) is 2.49. The van der Waals surface area contributed by atoms with E-state index in [4.69, 9.17) is 0 Å². The number of sulfonamides is 1. The molecule has 8 nitrogen and oxygen atoms in total. The highest BCUT2D eigenvalue weighted by molar-refractivity contribution is 7.89. The van der Waals surface area contributed by atoms with E-state index in [2.05, 4.69) is 9.71 Å². The SMILES string of the molecule is C[C@H](NS(=O)(=O)c1cn(C)c(=O)n(C)c1=O)c1cccnc1. The van der Waals surface area contributed by atoms with E-state index >= 15 is 0 Å². The Balaban J connectivity index is 2.44. The first-order valence-corrected chi connectivity index (χ1v) is 7.91. The van der Waals surface area contributed by atoms with Crippen molar-refractivity contribution >= 4 is 10.0 Å². The van der Waals surface area contributed by atoms with Crippen molar-refractivity contribution in [1.29, 1.82) is 0 Å². The van der Waals surface area contributed by atoms with Gasteiger partial charge in [0.2, 0.25) is 10.0 Å². The molecule has 118 valence electrons. The van der Waals surface area contributed by atoms with Crippen LogP contribution in [0, 0.1) is 0 Å². The lowest BCUT2D eigenvalue weighted by Gasteiger charge is -2.14. The minimum atomic E-state index is -4.07. The maximum Gasteiger partial charge on any atom is 0.330 e. The third-order valence-corrected chi connectivity index (χ3v) is 4.74. The molecule has 0 bridgehead atoms. The normalized spacial score (nSPS) is 13.0. The molecule has 9 heteroatoms. The quantitative estimate of drug-likeness (QED) is 0.818. The van der Waals surface area contributed by atoms with Gasteiger partial charge in [-0.05, 0) is 18.6 Å². The summed E-state index contributed by atoms with van der Waals surface area (Å²) < 4.78 is 29.0. The molecule has 0 amide bonds. The Hall–Kier alpha value is -2.26. The molecule has 22 heavy (non-hydrogen) atoms. The zero-order valence-electron chi connectivity index (χ0n) is 12.3. The minimum Gasteiger partial charge on any atom is -0.302 e. The predicted octanol–water partition coefficient (Wildman–Crippen LogP) is -0.481. The Morgan fingerprint density at radius 1 is 1.27 bits per heavy atom. The smallest absolute Gasteiger partial charge is 0.302 e. The topological polar surface area (TPSA) is 103 Å². The van der Waals surface area contributed by atoms with Crippen LogP contribution in [-0.4, -0.2) is 22.5 Å². The largest absolute Gasteiger partial charge is 0.330 e. The summed E-state index contributed by atoms with van der Waals surface area (Å²) in [7, 11) is -1.46. The van der Waals surface area contributed by atoms with Crippen molar-refractivity contribution in [2.75, 3.05) is 0 Å². The van der Waals surface area contributed by atoms with Crippen LogP contribution in [0.1, 0.15) is 18.5 Å². The molecule has 2 rings (SSSR count). The molecule has 0 aromatic carbocycles. The van der Waals surface area contributed by atoms with Gasteiger partial charge in [-0.15, -0.1) is 0 Å². The molecule has 0 radical (unpaired) electrons. The Labute approximate surface area is 127 Å². The van der Waals surface area contributed by atoms with E-state index in [0.717, 1.165) is 15.3 Å². The van der Waals surface area contributed by atoms with Crippen LogP contribution in [0.25, 0.3) is 0 Å². The van der Waals surface area contributed by atoms with E-state index in [1.807, 2.05) is 0 Å². The van der Waals surface area contributed by atoms with Gasteiger partial charge in [0.15, 0.2) is 4.90 Å². The van der Waals surface area contributed by atoms with Crippen molar-refractivity contribution in [2.24, 2.45) is 14.1 Å². The number of nitrogens with zero attached hydrogens (tertiary/aromatic N) is 3. The lowest BCUT2D eigenvalue weighted by atomic mass is 10.2. The third kappa shape index (κ3) is 3.00. The minimum absolute atomic E-state index is 0.479. The van der Waals surface area contributed by atoms with Crippen LogP contribution >= 0.6 is 0 Å². The van der Waals surface area contributed by atoms with Crippen LogP contribution in [0.4, 0.5) is 0 Å². The lowest BCUT2D eigenvalue weighted by Crippen LogP contribution is -2.41. The number of hydrogen-bond acceptors (Lipinski definition) is 5. The second-order valence-electron chi connectivity index (χ2n) is 4.88. The number of nitrogens with one attached hydrogen (secondary N) is 1. The molecule has 0 saturated heterocycles. The number of pyridine rings is 1. The van der Waals surface area contributed by atoms with E-state index in [0.29, 0.717) is 5.56 Å². The Morgan fingerprint density at radius 3 is 2.55 bits per heavy atom. The van der Waals surface area contributed by atoms with Gasteiger partial charge in [-0.1, -0.05) is 6.07 Å². The summed E-state index contributed by atoms with van der Waals surface area (Å²) in [5.74, 6) is 0. The van der Waals surface area contributed by atoms with Gasteiger partial charge in [-0.3, -0.25) is 14.3 Å². The number of hydrogen-bond donors (Lipinski definition) is 1. The maximum atomic E-state index is 12.4. The fraction of sp³-hybridized carbons (Fsp3) is 0.308. The highest BCUT2D eigenvalue weighted by atomic mass is 32.2. The Morgan fingerprint density at radius 2 is 1.95 bits per heavy atom. The van der Waals surface area contributed by atoms with Gasteiger partial charge in [-0.2, -0.15) is 0 Å². The summed E-state index contributed by atoms with van der Waals surface area (Å²) in [6.45, 7) is 1.64. The Kier molecular flexibility index (Phi) is 4.29. The van der Waals surface area contributed by atoms with Crippen LogP contribution in [0.15, 0.2) is 45.2 Å². The monoisotopic (exact) mass is 324 g/mol. The molecule has 0 spiro atoms. The highest BCUT2D eigenvalue weighted by Gasteiger charge is 2.23. The van der Waals surface area contributed by atoms with Gasteiger partial charge in [0.1, 0.15) is 0 Å². The molecule has 2 aromatic rings. The van der Waals surface area contributed by atoms with Gasteiger partial charge in [0, 0.05) is 38.7 Å². The fourth-order valence-corrected chi connectivity index (χ4v) is 3.35. The molecule has 0 aliphatic rings. The zero-order chi connectivity index (χ0) is 16.5.